The van der Waals surface area contributed by atoms with Crippen molar-refractivity contribution in [2.75, 3.05) is 13.7 Å². The van der Waals surface area contributed by atoms with Crippen molar-refractivity contribution in [2.24, 2.45) is 50.2 Å². The molecule has 4 N–H and O–H groups in total. The maximum absolute atomic E-state index is 14.4. The number of ketones is 1. The molecule has 218 valence electrons. The van der Waals surface area contributed by atoms with Crippen LogP contribution in [-0.2, 0) is 19.1 Å². The van der Waals surface area contributed by atoms with Gasteiger partial charge in [-0.1, -0.05) is 33.3 Å². The zero-order valence-electron chi connectivity index (χ0n) is 24.2. The molecule has 0 heterocycles. The Bertz CT molecular complexity index is 1130. The van der Waals surface area contributed by atoms with Crippen LogP contribution in [0.1, 0.15) is 86.0 Å². The molecule has 0 radical (unpaired) electrons. The highest BCUT2D eigenvalue weighted by molar-refractivity contribution is 5.96. The minimum Gasteiger partial charge on any atom is -0.481 e. The van der Waals surface area contributed by atoms with E-state index in [0.717, 1.165) is 5.57 Å². The summed E-state index contributed by atoms with van der Waals surface area (Å²) < 4.78 is 5.14. The molecule has 0 amide bonds. The number of fused-ring (bicyclic) bond motifs is 7. The van der Waals surface area contributed by atoms with E-state index in [4.69, 9.17) is 4.74 Å². The lowest BCUT2D eigenvalue weighted by Gasteiger charge is -2.70. The lowest BCUT2D eigenvalue weighted by Crippen LogP contribution is -2.69. The Morgan fingerprint density at radius 1 is 1.00 bits per heavy atom. The Morgan fingerprint density at radius 3 is 2.23 bits per heavy atom. The Kier molecular flexibility index (Phi) is 6.35. The maximum atomic E-state index is 14.4. The van der Waals surface area contributed by atoms with E-state index < -0.39 is 62.5 Å². The topological polar surface area (TPSA) is 141 Å². The largest absolute Gasteiger partial charge is 0.481 e. The van der Waals surface area contributed by atoms with Gasteiger partial charge in [0.05, 0.1) is 36.8 Å². The highest BCUT2D eigenvalue weighted by atomic mass is 16.5. The Hall–Kier alpha value is -1.77. The van der Waals surface area contributed by atoms with E-state index in [2.05, 4.69) is 13.8 Å². The van der Waals surface area contributed by atoms with Gasteiger partial charge in [0, 0.05) is 11.3 Å². The van der Waals surface area contributed by atoms with Crippen LogP contribution in [0, 0.1) is 50.2 Å². The van der Waals surface area contributed by atoms with Crippen LogP contribution in [0.2, 0.25) is 0 Å². The highest BCUT2D eigenvalue weighted by Crippen LogP contribution is 2.75. The number of aliphatic hydroxyl groups excluding tert-OH is 3. The lowest BCUT2D eigenvalue weighted by molar-refractivity contribution is -0.239. The number of hydrogen-bond donors (Lipinski definition) is 4. The van der Waals surface area contributed by atoms with Gasteiger partial charge in [0.15, 0.2) is 5.78 Å². The van der Waals surface area contributed by atoms with E-state index >= 15 is 0 Å². The number of ether oxygens (including phenoxy) is 1. The van der Waals surface area contributed by atoms with Gasteiger partial charge >= 0.3 is 11.9 Å². The van der Waals surface area contributed by atoms with Crippen molar-refractivity contribution in [3.8, 4) is 0 Å². The molecule has 5 aliphatic rings. The number of carbonyl (C=O) groups excluding carboxylic acids is 2. The Balaban J connectivity index is 1.66. The van der Waals surface area contributed by atoms with Crippen molar-refractivity contribution in [1.29, 1.82) is 0 Å². The summed E-state index contributed by atoms with van der Waals surface area (Å²) >= 11 is 0. The summed E-state index contributed by atoms with van der Waals surface area (Å²) in [6.45, 7) is 9.77. The average Bonchev–Trinajstić information content (AvgIpc) is 2.87. The summed E-state index contributed by atoms with van der Waals surface area (Å²) in [7, 11) is 1.36. The van der Waals surface area contributed by atoms with Crippen LogP contribution in [0.15, 0.2) is 11.6 Å². The van der Waals surface area contributed by atoms with Crippen LogP contribution in [0.4, 0.5) is 0 Å². The van der Waals surface area contributed by atoms with Gasteiger partial charge in [-0.15, -0.1) is 0 Å². The number of allylic oxidation sites excluding steroid dienone is 2. The number of hydrogen-bond acceptors (Lipinski definition) is 7. The molecule has 4 saturated carbocycles. The van der Waals surface area contributed by atoms with E-state index in [0.29, 0.717) is 44.9 Å². The molecule has 5 rings (SSSR count). The molecule has 11 atom stereocenters. The number of aliphatic carboxylic acids is 1. The summed E-state index contributed by atoms with van der Waals surface area (Å²) in [5, 5.41) is 42.9. The molecule has 0 unspecified atom stereocenters. The normalized spacial score (nSPS) is 52.9. The summed E-state index contributed by atoms with van der Waals surface area (Å²) in [6.07, 6.45) is 3.45. The molecule has 8 heteroatoms. The van der Waals surface area contributed by atoms with Gasteiger partial charge in [-0.2, -0.15) is 0 Å². The summed E-state index contributed by atoms with van der Waals surface area (Å²) in [5.74, 6) is -2.33. The Morgan fingerprint density at radius 2 is 1.64 bits per heavy atom. The first-order chi connectivity index (χ1) is 18.0. The number of carbonyl (C=O) groups is 3. The van der Waals surface area contributed by atoms with Crippen LogP contribution in [-0.4, -0.2) is 64.1 Å². The zero-order chi connectivity index (χ0) is 29.0. The van der Waals surface area contributed by atoms with Gasteiger partial charge in [-0.05, 0) is 92.4 Å². The van der Waals surface area contributed by atoms with Crippen molar-refractivity contribution in [3.05, 3.63) is 11.6 Å². The summed E-state index contributed by atoms with van der Waals surface area (Å²) in [6, 6.07) is 0. The van der Waals surface area contributed by atoms with E-state index in [1.54, 1.807) is 6.08 Å². The van der Waals surface area contributed by atoms with Crippen molar-refractivity contribution in [3.63, 3.8) is 0 Å². The molecule has 8 nitrogen and oxygen atoms in total. The molecule has 0 bridgehead atoms. The number of carboxylic acid groups (broad SMARTS) is 1. The van der Waals surface area contributed by atoms with E-state index in [-0.39, 0.29) is 30.7 Å². The van der Waals surface area contributed by atoms with Crippen molar-refractivity contribution < 1.29 is 39.5 Å². The van der Waals surface area contributed by atoms with E-state index in [1.807, 2.05) is 20.8 Å². The number of carboxylic acids is 1. The fraction of sp³-hybridized carbons (Fsp3) is 0.839. The first kappa shape index (κ1) is 28.7. The van der Waals surface area contributed by atoms with Crippen LogP contribution in [0.3, 0.4) is 0 Å². The quantitative estimate of drug-likeness (QED) is 0.394. The Labute approximate surface area is 231 Å². The van der Waals surface area contributed by atoms with Crippen molar-refractivity contribution >= 4 is 17.7 Å². The SMILES string of the molecule is COC(=O)[C@]1(C)CC[C@]2(C(=O)O)CC[C@]3(C)C(=CC(=O)[C@@H]4[C@@]5(C)C[C@H](O)[C@H](O)[C@@](C)(CO)[C@@H]5CC[C@]43C)[C@@H]2C1. The summed E-state index contributed by atoms with van der Waals surface area (Å²) in [4.78, 5) is 40.1. The number of aliphatic hydroxyl groups is 3. The van der Waals surface area contributed by atoms with Crippen molar-refractivity contribution in [1.82, 2.24) is 0 Å². The van der Waals surface area contributed by atoms with Crippen LogP contribution in [0.5, 0.6) is 0 Å². The average molecular weight is 547 g/mol. The standard InChI is InChI=1S/C31H46O8/c1-26(25(38)39-6)9-11-31(24(36)37)12-10-29(4)17(18(31)14-26)13-19(33)22-27(2)15-20(34)23(35)28(3,16-32)21(27)7-8-30(22,29)5/h13,18,20-23,32,34-35H,7-12,14-16H2,1-6H3,(H,36,37)/t18-,20-,21+,22+,23-,26+,27-,28-,29+,30+,31-/m0/s1. The van der Waals surface area contributed by atoms with Crippen LogP contribution < -0.4 is 0 Å². The third kappa shape index (κ3) is 3.37. The zero-order valence-corrected chi connectivity index (χ0v) is 24.2. The molecule has 0 saturated heterocycles. The fourth-order valence-electron chi connectivity index (χ4n) is 10.9. The van der Waals surface area contributed by atoms with Gasteiger partial charge in [-0.3, -0.25) is 14.4 Å². The second kappa shape index (κ2) is 8.62. The predicted molar refractivity (Wildman–Crippen MR) is 142 cm³/mol. The van der Waals surface area contributed by atoms with Gasteiger partial charge in [-0.25, -0.2) is 0 Å². The number of methoxy groups -OCH3 is 1. The minimum atomic E-state index is -1.07. The fourth-order valence-corrected chi connectivity index (χ4v) is 10.9. The van der Waals surface area contributed by atoms with Crippen LogP contribution >= 0.6 is 0 Å². The van der Waals surface area contributed by atoms with Gasteiger partial charge in [0.1, 0.15) is 0 Å². The minimum absolute atomic E-state index is 0.0624. The molecule has 5 aliphatic carbocycles. The molecule has 0 aromatic carbocycles. The second-order valence-electron chi connectivity index (χ2n) is 14.9. The molecule has 0 spiro atoms. The lowest BCUT2D eigenvalue weighted by atomic mass is 9.33. The molecule has 39 heavy (non-hydrogen) atoms. The first-order valence-corrected chi connectivity index (χ1v) is 14.6. The molecule has 0 aromatic rings. The monoisotopic (exact) mass is 546 g/mol. The third-order valence-electron chi connectivity index (χ3n) is 13.3. The van der Waals surface area contributed by atoms with Crippen LogP contribution in [0.25, 0.3) is 0 Å². The molecule has 0 aromatic heterocycles. The smallest absolute Gasteiger partial charge is 0.311 e. The first-order valence-electron chi connectivity index (χ1n) is 14.6. The van der Waals surface area contributed by atoms with Gasteiger partial charge in [0.25, 0.3) is 0 Å². The summed E-state index contributed by atoms with van der Waals surface area (Å²) in [5.41, 5.74) is -3.57. The van der Waals surface area contributed by atoms with Gasteiger partial charge < -0.3 is 25.2 Å². The second-order valence-corrected chi connectivity index (χ2v) is 14.9. The maximum Gasteiger partial charge on any atom is 0.311 e. The van der Waals surface area contributed by atoms with E-state index in [9.17, 15) is 34.8 Å². The predicted octanol–water partition coefficient (Wildman–Crippen LogP) is 3.51. The van der Waals surface area contributed by atoms with Gasteiger partial charge in [0.2, 0.25) is 0 Å². The van der Waals surface area contributed by atoms with Crippen molar-refractivity contribution in [2.45, 2.75) is 98.2 Å². The molecule has 0 aliphatic heterocycles. The molecular formula is C31H46O8. The third-order valence-corrected chi connectivity index (χ3v) is 13.3. The van der Waals surface area contributed by atoms with E-state index in [1.165, 1.54) is 7.11 Å². The number of esters is 1. The molecule has 4 fully saturated rings. The molecular weight excluding hydrogens is 500 g/mol. The number of rotatable bonds is 3. The highest BCUT2D eigenvalue weighted by Gasteiger charge is 2.72.